The number of aryl methyl sites for hydroxylation is 1. The second-order valence-electron chi connectivity index (χ2n) is 6.49. The minimum atomic E-state index is 0.513. The third-order valence-corrected chi connectivity index (χ3v) is 4.68. The number of methoxy groups -OCH3 is 1. The van der Waals surface area contributed by atoms with Crippen molar-refractivity contribution in [3.63, 3.8) is 0 Å². The molecular formula is C18H18N8O2. The van der Waals surface area contributed by atoms with Gasteiger partial charge in [-0.05, 0) is 26.0 Å². The van der Waals surface area contributed by atoms with Crippen LogP contribution in [0.25, 0.3) is 27.8 Å². The highest BCUT2D eigenvalue weighted by molar-refractivity contribution is 5.87. The van der Waals surface area contributed by atoms with Crippen LogP contribution >= 0.6 is 0 Å². The summed E-state index contributed by atoms with van der Waals surface area (Å²) in [7, 11) is 1.60. The molecule has 10 nitrogen and oxygen atoms in total. The molecule has 4 aromatic rings. The molecule has 0 unspecified atom stereocenters. The molecule has 0 aromatic carbocycles. The lowest BCUT2D eigenvalue weighted by molar-refractivity contribution is 0.00690. The zero-order chi connectivity index (χ0) is 19.3. The molecule has 0 aliphatic carbocycles. The van der Waals surface area contributed by atoms with Gasteiger partial charge in [-0.25, -0.2) is 14.5 Å². The first-order valence-electron chi connectivity index (χ1n) is 8.71. The Morgan fingerprint density at radius 3 is 2.93 bits per heavy atom. The molecule has 0 atom stereocenters. The van der Waals surface area contributed by atoms with Gasteiger partial charge in [-0.3, -0.25) is 5.01 Å². The van der Waals surface area contributed by atoms with Crippen LogP contribution in [0.1, 0.15) is 12.7 Å². The van der Waals surface area contributed by atoms with Crippen LogP contribution in [-0.2, 0) is 11.5 Å². The summed E-state index contributed by atoms with van der Waals surface area (Å²) in [4.78, 5) is 18.6. The molecular weight excluding hydrogens is 360 g/mol. The molecule has 0 radical (unpaired) electrons. The number of nitrogens with zero attached hydrogens (tertiary/aromatic N) is 7. The van der Waals surface area contributed by atoms with Gasteiger partial charge in [0.2, 0.25) is 5.88 Å². The molecule has 10 heteroatoms. The maximum atomic E-state index is 5.42. The van der Waals surface area contributed by atoms with Crippen molar-refractivity contribution in [3.8, 4) is 17.0 Å². The summed E-state index contributed by atoms with van der Waals surface area (Å²) in [6.45, 7) is 4.38. The zero-order valence-electron chi connectivity index (χ0n) is 15.6. The van der Waals surface area contributed by atoms with Crippen LogP contribution in [0.3, 0.4) is 0 Å². The zero-order valence-corrected chi connectivity index (χ0v) is 15.6. The Kier molecular flexibility index (Phi) is 3.66. The molecule has 4 aromatic heterocycles. The lowest BCUT2D eigenvalue weighted by Crippen LogP contribution is -2.30. The van der Waals surface area contributed by atoms with Gasteiger partial charge in [-0.2, -0.15) is 10.1 Å². The Morgan fingerprint density at radius 1 is 1.25 bits per heavy atom. The number of aromatic nitrogens is 6. The lowest BCUT2D eigenvalue weighted by atomic mass is 10.1. The average molecular weight is 378 g/mol. The highest BCUT2D eigenvalue weighted by Crippen LogP contribution is 2.31. The third-order valence-electron chi connectivity index (χ3n) is 4.68. The van der Waals surface area contributed by atoms with Crippen molar-refractivity contribution in [2.45, 2.75) is 20.5 Å². The van der Waals surface area contributed by atoms with Gasteiger partial charge in [-0.1, -0.05) is 5.59 Å². The van der Waals surface area contributed by atoms with Crippen LogP contribution in [0.5, 0.6) is 5.88 Å². The van der Waals surface area contributed by atoms with Crippen LogP contribution in [0, 0.1) is 6.92 Å². The molecule has 0 spiro atoms. The van der Waals surface area contributed by atoms with Crippen molar-refractivity contribution in [1.29, 1.82) is 0 Å². The molecule has 0 saturated carbocycles. The normalized spacial score (nSPS) is 14.0. The maximum Gasteiger partial charge on any atom is 0.241 e. The van der Waals surface area contributed by atoms with E-state index in [4.69, 9.17) is 9.57 Å². The molecule has 5 heterocycles. The number of allylic oxidation sites excluding steroid dienone is 1. The van der Waals surface area contributed by atoms with Crippen molar-refractivity contribution in [3.05, 3.63) is 48.6 Å². The number of rotatable bonds is 4. The number of ether oxygens (including phenoxy) is 1. The summed E-state index contributed by atoms with van der Waals surface area (Å²) in [6, 6.07) is 4.04. The van der Waals surface area contributed by atoms with E-state index >= 15 is 0 Å². The summed E-state index contributed by atoms with van der Waals surface area (Å²) < 4.78 is 9.23. The topological polar surface area (TPSA) is 94.6 Å². The summed E-state index contributed by atoms with van der Waals surface area (Å²) >= 11 is 0. The van der Waals surface area contributed by atoms with Crippen LogP contribution in [0.15, 0.2) is 42.8 Å². The number of fused-ring (bicyclic) bond motifs is 2. The van der Waals surface area contributed by atoms with E-state index < -0.39 is 0 Å². The van der Waals surface area contributed by atoms with Crippen molar-refractivity contribution in [2.24, 2.45) is 0 Å². The molecule has 0 amide bonds. The Bertz CT molecular complexity index is 1230. The standard InChI is InChI=1S/C18H18N8O2/c1-11-8-24(23-28-11)10-25-12(2)22-17-15(25)6-13(7-19-17)14-4-5-26-16(14)18(27-3)20-9-21-26/h4-9,23H,10H2,1-3H3. The highest BCUT2D eigenvalue weighted by atomic mass is 16.7. The third kappa shape index (κ3) is 2.54. The summed E-state index contributed by atoms with van der Waals surface area (Å²) in [5, 5.41) is 6.10. The SMILES string of the molecule is COc1ncnn2ccc(-c3cnc4nc(C)n(CN5C=C(C)ON5)c4c3)c12. The fourth-order valence-electron chi connectivity index (χ4n) is 3.38. The predicted octanol–water partition coefficient (Wildman–Crippen LogP) is 2.03. The van der Waals surface area contributed by atoms with E-state index in [9.17, 15) is 0 Å². The lowest BCUT2D eigenvalue weighted by Gasteiger charge is -2.16. The van der Waals surface area contributed by atoms with Crippen molar-refractivity contribution >= 4 is 16.7 Å². The van der Waals surface area contributed by atoms with Gasteiger partial charge < -0.3 is 14.1 Å². The van der Waals surface area contributed by atoms with Crippen molar-refractivity contribution < 1.29 is 9.57 Å². The number of hydrazine groups is 1. The summed E-state index contributed by atoms with van der Waals surface area (Å²) in [5.41, 5.74) is 7.13. The van der Waals surface area contributed by atoms with Gasteiger partial charge in [0, 0.05) is 23.5 Å². The van der Waals surface area contributed by atoms with E-state index in [0.717, 1.165) is 33.7 Å². The predicted molar refractivity (Wildman–Crippen MR) is 101 cm³/mol. The fourth-order valence-corrected chi connectivity index (χ4v) is 3.38. The molecule has 0 fully saturated rings. The summed E-state index contributed by atoms with van der Waals surface area (Å²) in [6.07, 6.45) is 7.05. The number of hydrogen-bond acceptors (Lipinski definition) is 8. The Morgan fingerprint density at radius 2 is 2.14 bits per heavy atom. The van der Waals surface area contributed by atoms with E-state index in [1.807, 2.05) is 43.5 Å². The van der Waals surface area contributed by atoms with Crippen molar-refractivity contribution in [1.82, 2.24) is 39.7 Å². The van der Waals surface area contributed by atoms with Gasteiger partial charge in [0.15, 0.2) is 5.65 Å². The van der Waals surface area contributed by atoms with Crippen molar-refractivity contribution in [2.75, 3.05) is 7.11 Å². The van der Waals surface area contributed by atoms with E-state index in [2.05, 4.69) is 36.3 Å². The van der Waals surface area contributed by atoms with Gasteiger partial charge in [0.25, 0.3) is 0 Å². The maximum absolute atomic E-state index is 5.42. The van der Waals surface area contributed by atoms with E-state index in [0.29, 0.717) is 18.2 Å². The first-order chi connectivity index (χ1) is 13.6. The molecule has 1 N–H and O–H groups in total. The minimum absolute atomic E-state index is 0.513. The first-order valence-corrected chi connectivity index (χ1v) is 8.71. The number of pyridine rings is 1. The quantitative estimate of drug-likeness (QED) is 0.576. The van der Waals surface area contributed by atoms with E-state index in [-0.39, 0.29) is 0 Å². The van der Waals surface area contributed by atoms with E-state index in [1.54, 1.807) is 11.6 Å². The molecule has 28 heavy (non-hydrogen) atoms. The Labute approximate surface area is 160 Å². The minimum Gasteiger partial charge on any atom is -0.479 e. The second-order valence-corrected chi connectivity index (χ2v) is 6.49. The van der Waals surface area contributed by atoms with Gasteiger partial charge in [-0.15, -0.1) is 0 Å². The average Bonchev–Trinajstić information content (AvgIpc) is 3.39. The van der Waals surface area contributed by atoms with E-state index in [1.165, 1.54) is 6.33 Å². The molecule has 5 rings (SSSR count). The van der Waals surface area contributed by atoms with Gasteiger partial charge in [0.1, 0.15) is 30.1 Å². The molecule has 0 bridgehead atoms. The van der Waals surface area contributed by atoms with Crippen LogP contribution in [0.4, 0.5) is 0 Å². The number of hydrogen-bond donors (Lipinski definition) is 1. The van der Waals surface area contributed by atoms with Crippen LogP contribution in [0.2, 0.25) is 0 Å². The monoisotopic (exact) mass is 378 g/mol. The molecule has 1 aliphatic heterocycles. The highest BCUT2D eigenvalue weighted by Gasteiger charge is 2.17. The first kappa shape index (κ1) is 16.5. The Balaban J connectivity index is 1.63. The second kappa shape index (κ2) is 6.20. The van der Waals surface area contributed by atoms with Crippen LogP contribution < -0.4 is 10.3 Å². The van der Waals surface area contributed by atoms with Crippen LogP contribution in [-0.4, -0.2) is 41.3 Å². The molecule has 142 valence electrons. The summed E-state index contributed by atoms with van der Waals surface area (Å²) in [5.74, 6) is 2.18. The Hall–Kier alpha value is -3.66. The largest absolute Gasteiger partial charge is 0.479 e. The van der Waals surface area contributed by atoms with Gasteiger partial charge >= 0.3 is 0 Å². The number of nitrogens with one attached hydrogen (secondary N) is 1. The molecule has 0 saturated heterocycles. The fraction of sp³-hybridized carbons (Fsp3) is 0.222. The number of imidazole rings is 1. The smallest absolute Gasteiger partial charge is 0.241 e. The van der Waals surface area contributed by atoms with Gasteiger partial charge in [0.05, 0.1) is 18.8 Å². The molecule has 1 aliphatic rings.